The van der Waals surface area contributed by atoms with E-state index in [0.29, 0.717) is 49.5 Å². The number of hydrogen-bond acceptors (Lipinski definition) is 8. The van der Waals surface area contributed by atoms with Gasteiger partial charge >= 0.3 is 6.03 Å². The van der Waals surface area contributed by atoms with Gasteiger partial charge in [0.2, 0.25) is 11.9 Å². The third-order valence-corrected chi connectivity index (χ3v) is 8.72. The molecule has 1 N–H and O–H groups in total. The summed E-state index contributed by atoms with van der Waals surface area (Å²) >= 11 is 19.5. The smallest absolute Gasteiger partial charge is 0.330 e. The van der Waals surface area contributed by atoms with Gasteiger partial charge in [0, 0.05) is 55.3 Å². The topological polar surface area (TPSA) is 103 Å². The fourth-order valence-corrected chi connectivity index (χ4v) is 6.25. The predicted molar refractivity (Wildman–Crippen MR) is 178 cm³/mol. The van der Waals surface area contributed by atoms with E-state index in [2.05, 4.69) is 10.3 Å². The number of methoxy groups -OCH3 is 2. The van der Waals surface area contributed by atoms with Crippen molar-refractivity contribution in [2.45, 2.75) is 25.4 Å². The molecule has 5 rings (SSSR count). The van der Waals surface area contributed by atoms with Crippen LogP contribution in [0.15, 0.2) is 42.6 Å². The summed E-state index contributed by atoms with van der Waals surface area (Å²) in [6, 6.07) is 4.97. The standard InChI is InChI=1S/C31H33Cl3FN7O4/c1-39(2)11-5-6-25(43)40-12-9-20(10-13-40)42-29-18(16-36-30(38-29)37-19-7-8-22(35)21(32)14-19)17-41(31(42)44)28-26(33)23(45-3)15-24(46-4)27(28)34/h5-8,14-16,20H,9-13,17H2,1-4H3,(H,36,37,38)/b6-5+. The average molecular weight is 693 g/mol. The third-order valence-electron chi connectivity index (χ3n) is 7.70. The fraction of sp³-hybridized carbons (Fsp3) is 0.355. The van der Waals surface area contributed by atoms with Gasteiger partial charge in [-0.2, -0.15) is 4.98 Å². The Bertz CT molecular complexity index is 1640. The Kier molecular flexibility index (Phi) is 10.4. The second-order valence-electron chi connectivity index (χ2n) is 11.0. The van der Waals surface area contributed by atoms with Crippen LogP contribution in [-0.2, 0) is 11.3 Å². The van der Waals surface area contributed by atoms with Gasteiger partial charge in [-0.25, -0.2) is 14.2 Å². The van der Waals surface area contributed by atoms with Crippen LogP contribution >= 0.6 is 34.8 Å². The Labute approximate surface area is 281 Å². The Morgan fingerprint density at radius 3 is 2.39 bits per heavy atom. The Morgan fingerprint density at radius 1 is 1.11 bits per heavy atom. The fourth-order valence-electron chi connectivity index (χ4n) is 5.37. The lowest BCUT2D eigenvalue weighted by Crippen LogP contribution is -2.55. The molecule has 3 heterocycles. The number of nitrogens with zero attached hydrogens (tertiary/aromatic N) is 6. The first-order valence-electron chi connectivity index (χ1n) is 14.4. The largest absolute Gasteiger partial charge is 0.495 e. The van der Waals surface area contributed by atoms with Crippen LogP contribution < -0.4 is 24.6 Å². The third kappa shape index (κ3) is 6.95. The predicted octanol–water partition coefficient (Wildman–Crippen LogP) is 6.39. The molecular formula is C31H33Cl3FN7O4. The van der Waals surface area contributed by atoms with E-state index < -0.39 is 11.8 Å². The summed E-state index contributed by atoms with van der Waals surface area (Å²) in [6.45, 7) is 1.58. The van der Waals surface area contributed by atoms with Crippen LogP contribution in [-0.4, -0.2) is 85.7 Å². The van der Waals surface area contributed by atoms with Gasteiger partial charge in [0.15, 0.2) is 0 Å². The van der Waals surface area contributed by atoms with Gasteiger partial charge in [-0.1, -0.05) is 40.9 Å². The highest BCUT2D eigenvalue weighted by Crippen LogP contribution is 2.48. The summed E-state index contributed by atoms with van der Waals surface area (Å²) in [5, 5.41) is 3.26. The number of ether oxygens (including phenoxy) is 2. The number of benzene rings is 2. The molecule has 2 aliphatic rings. The Morgan fingerprint density at radius 2 is 1.78 bits per heavy atom. The molecule has 0 aliphatic carbocycles. The number of likely N-dealkylation sites (tertiary alicyclic amines) is 1. The molecule has 46 heavy (non-hydrogen) atoms. The van der Waals surface area contributed by atoms with Crippen molar-refractivity contribution in [3.63, 3.8) is 0 Å². The van der Waals surface area contributed by atoms with Crippen molar-refractivity contribution >= 4 is 69.9 Å². The van der Waals surface area contributed by atoms with E-state index in [1.165, 1.54) is 37.3 Å². The quantitative estimate of drug-likeness (QED) is 0.258. The minimum atomic E-state index is -0.556. The number of anilines is 4. The van der Waals surface area contributed by atoms with Gasteiger partial charge in [0.05, 0.1) is 31.5 Å². The first kappa shape index (κ1) is 33.5. The lowest BCUT2D eigenvalue weighted by Gasteiger charge is -2.43. The highest BCUT2D eigenvalue weighted by Gasteiger charge is 2.41. The first-order chi connectivity index (χ1) is 22.0. The van der Waals surface area contributed by atoms with Gasteiger partial charge in [0.25, 0.3) is 0 Å². The number of amides is 3. The van der Waals surface area contributed by atoms with Crippen LogP contribution in [0.25, 0.3) is 0 Å². The molecule has 0 radical (unpaired) electrons. The van der Waals surface area contributed by atoms with E-state index in [1.54, 1.807) is 28.1 Å². The van der Waals surface area contributed by atoms with Crippen LogP contribution in [0.4, 0.5) is 32.3 Å². The van der Waals surface area contributed by atoms with E-state index in [1.807, 2.05) is 25.1 Å². The molecule has 0 unspecified atom stereocenters. The number of carbonyl (C=O) groups excluding carboxylic acids is 2. The highest BCUT2D eigenvalue weighted by molar-refractivity contribution is 6.42. The number of aromatic nitrogens is 2. The normalized spacial score (nSPS) is 15.5. The molecule has 0 bridgehead atoms. The lowest BCUT2D eigenvalue weighted by molar-refractivity contribution is -0.127. The maximum atomic E-state index is 14.5. The molecule has 11 nitrogen and oxygen atoms in total. The van der Waals surface area contributed by atoms with Crippen molar-refractivity contribution in [1.29, 1.82) is 0 Å². The van der Waals surface area contributed by atoms with Crippen LogP contribution in [0, 0.1) is 5.82 Å². The van der Waals surface area contributed by atoms with E-state index in [4.69, 9.17) is 49.3 Å². The molecule has 0 spiro atoms. The number of urea groups is 1. The minimum absolute atomic E-state index is 0.0527. The number of rotatable bonds is 9. The minimum Gasteiger partial charge on any atom is -0.495 e. The molecule has 1 fully saturated rings. The van der Waals surface area contributed by atoms with Gasteiger partial charge in [-0.15, -0.1) is 0 Å². The summed E-state index contributed by atoms with van der Waals surface area (Å²) in [5.41, 5.74) is 1.32. The van der Waals surface area contributed by atoms with Crippen LogP contribution in [0.1, 0.15) is 18.4 Å². The van der Waals surface area contributed by atoms with Crippen LogP contribution in [0.2, 0.25) is 15.1 Å². The zero-order valence-corrected chi connectivity index (χ0v) is 28.0. The summed E-state index contributed by atoms with van der Waals surface area (Å²) in [7, 11) is 6.77. The van der Waals surface area contributed by atoms with Crippen molar-refractivity contribution in [2.24, 2.45) is 0 Å². The summed E-state index contributed by atoms with van der Waals surface area (Å²) in [4.78, 5) is 43.3. The number of piperidine rings is 1. The van der Waals surface area contributed by atoms with Crippen molar-refractivity contribution in [2.75, 3.05) is 63.1 Å². The molecule has 3 amide bonds. The Balaban J connectivity index is 1.51. The Hall–Kier alpha value is -3.84. The lowest BCUT2D eigenvalue weighted by atomic mass is 10.0. The molecule has 2 aliphatic heterocycles. The van der Waals surface area contributed by atoms with Crippen molar-refractivity contribution in [1.82, 2.24) is 19.8 Å². The molecule has 1 saturated heterocycles. The second kappa shape index (κ2) is 14.3. The van der Waals surface area contributed by atoms with Gasteiger partial charge in [-0.05, 0) is 45.1 Å². The molecule has 0 saturated carbocycles. The van der Waals surface area contributed by atoms with Gasteiger partial charge < -0.3 is 24.6 Å². The van der Waals surface area contributed by atoms with E-state index in [0.717, 1.165) is 0 Å². The maximum Gasteiger partial charge on any atom is 0.330 e. The molecule has 15 heteroatoms. The van der Waals surface area contributed by atoms with Gasteiger partial charge in [-0.3, -0.25) is 14.6 Å². The van der Waals surface area contributed by atoms with Crippen molar-refractivity contribution < 1.29 is 23.5 Å². The summed E-state index contributed by atoms with van der Waals surface area (Å²) in [5.74, 6) is 0.508. The monoisotopic (exact) mass is 691 g/mol. The number of halogens is 4. The zero-order chi connectivity index (χ0) is 33.1. The molecule has 0 atom stereocenters. The zero-order valence-electron chi connectivity index (χ0n) is 25.7. The molecule has 2 aromatic carbocycles. The summed E-state index contributed by atoms with van der Waals surface area (Å²) in [6.07, 6.45) is 6.00. The number of nitrogens with one attached hydrogen (secondary N) is 1. The van der Waals surface area contributed by atoms with E-state index in [-0.39, 0.29) is 56.7 Å². The molecule has 244 valence electrons. The maximum absolute atomic E-state index is 14.5. The number of hydrogen-bond donors (Lipinski definition) is 1. The van der Waals surface area contributed by atoms with Crippen LogP contribution in [0.5, 0.6) is 11.5 Å². The van der Waals surface area contributed by atoms with Gasteiger partial charge in [0.1, 0.15) is 33.2 Å². The highest BCUT2D eigenvalue weighted by atomic mass is 35.5. The van der Waals surface area contributed by atoms with Crippen molar-refractivity contribution in [3.05, 3.63) is 69.1 Å². The average Bonchev–Trinajstić information content (AvgIpc) is 3.03. The number of carbonyl (C=O) groups is 2. The number of likely N-dealkylation sites (N-methyl/N-ethyl adjacent to an activating group) is 1. The molecular weight excluding hydrogens is 660 g/mol. The van der Waals surface area contributed by atoms with E-state index >= 15 is 0 Å². The number of fused-ring (bicyclic) bond motifs is 1. The molecule has 3 aromatic rings. The van der Waals surface area contributed by atoms with E-state index in [9.17, 15) is 14.0 Å². The van der Waals surface area contributed by atoms with Crippen LogP contribution in [0.3, 0.4) is 0 Å². The van der Waals surface area contributed by atoms with Crippen molar-refractivity contribution in [3.8, 4) is 11.5 Å². The summed E-state index contributed by atoms with van der Waals surface area (Å²) < 4.78 is 24.7. The molecule has 1 aromatic heterocycles. The second-order valence-corrected chi connectivity index (χ2v) is 12.2. The first-order valence-corrected chi connectivity index (χ1v) is 15.5. The SMILES string of the molecule is COc1cc(OC)c(Cl)c(N2Cc3cnc(Nc4ccc(F)c(Cl)c4)nc3N(C3CCN(C(=O)/C=C/CN(C)C)CC3)C2=O)c1Cl.